The molecule has 0 bridgehead atoms. The average molecular weight is 540 g/mol. The third-order valence-electron chi connectivity index (χ3n) is 6.50. The lowest BCUT2D eigenvalue weighted by atomic mass is 9.99. The fraction of sp³-hybridized carbons (Fsp3) is 0.714. The van der Waals surface area contributed by atoms with Crippen LogP contribution in [0.25, 0.3) is 0 Å². The number of ether oxygens (including phenoxy) is 2. The molecule has 2 amide bonds. The summed E-state index contributed by atoms with van der Waals surface area (Å²) in [6.07, 6.45) is -8.99. The van der Waals surface area contributed by atoms with Crippen molar-refractivity contribution in [2.24, 2.45) is 5.92 Å². The van der Waals surface area contributed by atoms with Gasteiger partial charge in [-0.2, -0.15) is 26.3 Å². The summed E-state index contributed by atoms with van der Waals surface area (Å²) < 4.78 is 88.9. The molecule has 4 heterocycles. The molecule has 3 aliphatic heterocycles. The number of rotatable bonds is 6. The van der Waals surface area contributed by atoms with Crippen LogP contribution in [0, 0.1) is 5.92 Å². The molecule has 3 fully saturated rings. The predicted octanol–water partition coefficient (Wildman–Crippen LogP) is 1.28. The number of alkyl halides is 6. The summed E-state index contributed by atoms with van der Waals surface area (Å²) in [6.45, 7) is 1.03. The highest BCUT2D eigenvalue weighted by Crippen LogP contribution is 2.32. The minimum Gasteiger partial charge on any atom is -0.373 e. The second-order valence-corrected chi connectivity index (χ2v) is 9.06. The highest BCUT2D eigenvalue weighted by Gasteiger charge is 2.52. The zero-order valence-electron chi connectivity index (χ0n) is 19.5. The van der Waals surface area contributed by atoms with Crippen molar-refractivity contribution in [3.8, 4) is 0 Å². The highest BCUT2D eigenvalue weighted by molar-refractivity contribution is 5.80. The van der Waals surface area contributed by atoms with Crippen molar-refractivity contribution in [2.75, 3.05) is 44.2 Å². The summed E-state index contributed by atoms with van der Waals surface area (Å²) in [7, 11) is 0. The lowest BCUT2D eigenvalue weighted by molar-refractivity contribution is -0.215. The van der Waals surface area contributed by atoms with E-state index in [0.717, 1.165) is 12.4 Å². The van der Waals surface area contributed by atoms with Crippen molar-refractivity contribution in [1.82, 2.24) is 25.7 Å². The number of anilines is 1. The number of piperazine rings is 1. The second kappa shape index (κ2) is 10.9. The summed E-state index contributed by atoms with van der Waals surface area (Å²) in [6, 6.07) is 0. The van der Waals surface area contributed by atoms with Gasteiger partial charge in [0.1, 0.15) is 0 Å². The molecule has 1 aromatic heterocycles. The molecule has 0 radical (unpaired) electrons. The molecule has 2 unspecified atom stereocenters. The van der Waals surface area contributed by atoms with Gasteiger partial charge in [-0.15, -0.1) is 0 Å². The molecule has 4 atom stereocenters. The normalized spacial score (nSPS) is 27.4. The average Bonchev–Trinajstić information content (AvgIpc) is 3.28. The molecule has 3 saturated heterocycles. The molecule has 206 valence electrons. The van der Waals surface area contributed by atoms with Crippen molar-refractivity contribution in [3.05, 3.63) is 18.0 Å². The number of hydrazine groups is 1. The molecule has 0 aromatic carbocycles. The van der Waals surface area contributed by atoms with Gasteiger partial charge in [-0.3, -0.25) is 15.0 Å². The Bertz CT molecular complexity index is 954. The van der Waals surface area contributed by atoms with Crippen molar-refractivity contribution in [1.29, 1.82) is 0 Å². The Hall–Kier alpha value is -2.72. The minimum absolute atomic E-state index is 0.0891. The number of hydrogen-bond donors (Lipinski definition) is 2. The molecule has 10 nitrogen and oxygen atoms in total. The Morgan fingerprint density at radius 3 is 2.32 bits per heavy atom. The fourth-order valence-corrected chi connectivity index (χ4v) is 4.51. The van der Waals surface area contributed by atoms with E-state index in [1.165, 1.54) is 0 Å². The summed E-state index contributed by atoms with van der Waals surface area (Å²) in [5, 5.41) is 0. The first-order valence-electron chi connectivity index (χ1n) is 11.7. The van der Waals surface area contributed by atoms with E-state index < -0.39 is 48.1 Å². The van der Waals surface area contributed by atoms with Gasteiger partial charge in [0.05, 0.1) is 36.9 Å². The third-order valence-corrected chi connectivity index (χ3v) is 6.50. The molecule has 0 saturated carbocycles. The molecular weight excluding hydrogens is 514 g/mol. The molecule has 3 aliphatic rings. The molecule has 16 heteroatoms. The molecule has 2 N–H and O–H groups in total. The smallest absolute Gasteiger partial charge is 0.373 e. The maximum atomic E-state index is 13.2. The van der Waals surface area contributed by atoms with Crippen LogP contribution in [0.1, 0.15) is 24.8 Å². The first-order chi connectivity index (χ1) is 17.4. The van der Waals surface area contributed by atoms with Crippen LogP contribution in [0.15, 0.2) is 12.4 Å². The van der Waals surface area contributed by atoms with Crippen LogP contribution in [-0.2, 0) is 25.2 Å². The first-order valence-corrected chi connectivity index (χ1v) is 11.7. The van der Waals surface area contributed by atoms with E-state index in [9.17, 15) is 35.9 Å². The SMILES string of the molecule is O=C1NNCC(OC[C@H]2CC[C@@H](CC(=O)N3CCN(c4ncc(C(F)(F)F)cn4)CC3)O2)C1C(F)(F)F. The minimum atomic E-state index is -4.75. The highest BCUT2D eigenvalue weighted by atomic mass is 19.4. The maximum absolute atomic E-state index is 13.2. The van der Waals surface area contributed by atoms with Crippen LogP contribution in [0.2, 0.25) is 0 Å². The van der Waals surface area contributed by atoms with Gasteiger partial charge in [0.2, 0.25) is 17.8 Å². The van der Waals surface area contributed by atoms with Crippen LogP contribution < -0.4 is 15.8 Å². The molecule has 0 spiro atoms. The quantitative estimate of drug-likeness (QED) is 0.520. The van der Waals surface area contributed by atoms with Crippen molar-refractivity contribution < 1.29 is 45.4 Å². The van der Waals surface area contributed by atoms with Gasteiger partial charge in [0.15, 0.2) is 5.92 Å². The standard InChI is InChI=1S/C21H26F6N6O4/c22-20(23,24)12-8-28-19(29-9-12)33-5-3-32(4-6-33)16(34)7-13-1-2-14(37-13)11-36-15-10-30-31-18(35)17(15)21(25,26)27/h8-9,13-15,17,30H,1-7,10-11H2,(H,31,35)/t13-,14+,15?,17?/m0/s1. The molecule has 0 aliphatic carbocycles. The Morgan fingerprint density at radius 2 is 1.70 bits per heavy atom. The van der Waals surface area contributed by atoms with E-state index in [4.69, 9.17) is 9.47 Å². The van der Waals surface area contributed by atoms with Crippen LogP contribution in [-0.4, -0.2) is 90.5 Å². The molecule has 1 aromatic rings. The van der Waals surface area contributed by atoms with Crippen molar-refractivity contribution >= 4 is 17.8 Å². The van der Waals surface area contributed by atoms with Gasteiger partial charge < -0.3 is 19.3 Å². The summed E-state index contributed by atoms with van der Waals surface area (Å²) in [5.74, 6) is -3.49. The molecule has 37 heavy (non-hydrogen) atoms. The van der Waals surface area contributed by atoms with Crippen LogP contribution in [0.4, 0.5) is 32.3 Å². The number of carbonyl (C=O) groups excluding carboxylic acids is 2. The van der Waals surface area contributed by atoms with Gasteiger partial charge in [-0.05, 0) is 12.8 Å². The lowest BCUT2D eigenvalue weighted by Crippen LogP contribution is -2.60. The number of halogens is 6. The van der Waals surface area contributed by atoms with Crippen LogP contribution >= 0.6 is 0 Å². The Labute approximate surface area is 207 Å². The monoisotopic (exact) mass is 540 g/mol. The van der Waals surface area contributed by atoms with Gasteiger partial charge in [0, 0.05) is 45.1 Å². The first kappa shape index (κ1) is 27.3. The summed E-state index contributed by atoms with van der Waals surface area (Å²) >= 11 is 0. The van der Waals surface area contributed by atoms with Crippen molar-refractivity contribution in [3.63, 3.8) is 0 Å². The van der Waals surface area contributed by atoms with Gasteiger partial charge >= 0.3 is 12.4 Å². The Morgan fingerprint density at radius 1 is 1.05 bits per heavy atom. The lowest BCUT2D eigenvalue weighted by Gasteiger charge is -2.35. The number of hydrogen-bond acceptors (Lipinski definition) is 8. The second-order valence-electron chi connectivity index (χ2n) is 9.06. The number of amides is 2. The largest absolute Gasteiger partial charge is 0.419 e. The number of nitrogens with one attached hydrogen (secondary N) is 2. The van der Waals surface area contributed by atoms with Crippen LogP contribution in [0.5, 0.6) is 0 Å². The zero-order valence-corrected chi connectivity index (χ0v) is 19.5. The Balaban J connectivity index is 1.20. The maximum Gasteiger partial charge on any atom is 0.419 e. The number of carbonyl (C=O) groups is 2. The molecule has 4 rings (SSSR count). The third kappa shape index (κ3) is 6.78. The van der Waals surface area contributed by atoms with E-state index in [1.54, 1.807) is 9.80 Å². The van der Waals surface area contributed by atoms with Gasteiger partial charge in [0.25, 0.3) is 0 Å². The van der Waals surface area contributed by atoms with E-state index in [0.29, 0.717) is 39.0 Å². The zero-order chi connectivity index (χ0) is 26.8. The van der Waals surface area contributed by atoms with Crippen LogP contribution in [0.3, 0.4) is 0 Å². The molecular formula is C21H26F6N6O4. The summed E-state index contributed by atoms with van der Waals surface area (Å²) in [5.41, 5.74) is 3.41. The predicted molar refractivity (Wildman–Crippen MR) is 114 cm³/mol. The van der Waals surface area contributed by atoms with E-state index >= 15 is 0 Å². The fourth-order valence-electron chi connectivity index (χ4n) is 4.51. The van der Waals surface area contributed by atoms with E-state index in [1.807, 2.05) is 5.43 Å². The van der Waals surface area contributed by atoms with Gasteiger partial charge in [-0.25, -0.2) is 15.4 Å². The van der Waals surface area contributed by atoms with E-state index in [-0.39, 0.29) is 31.4 Å². The van der Waals surface area contributed by atoms with E-state index in [2.05, 4.69) is 15.4 Å². The topological polar surface area (TPSA) is 109 Å². The Kier molecular flexibility index (Phi) is 8.08. The number of nitrogens with zero attached hydrogens (tertiary/aromatic N) is 4. The summed E-state index contributed by atoms with van der Waals surface area (Å²) in [4.78, 5) is 35.2. The number of aromatic nitrogens is 2. The van der Waals surface area contributed by atoms with Gasteiger partial charge in [-0.1, -0.05) is 0 Å². The van der Waals surface area contributed by atoms with Crippen molar-refractivity contribution in [2.45, 2.75) is 49.9 Å².